The molecule has 2 rings (SSSR count). The average Bonchev–Trinajstić information content (AvgIpc) is 2.55. The fourth-order valence-electron chi connectivity index (χ4n) is 1.76. The van der Waals surface area contributed by atoms with Crippen LogP contribution in [0.2, 0.25) is 10.0 Å². The molecule has 0 aliphatic rings. The summed E-state index contributed by atoms with van der Waals surface area (Å²) in [5.41, 5.74) is 1.34. The fraction of sp³-hybridized carbons (Fsp3) is 0.176. The lowest BCUT2D eigenvalue weighted by atomic mass is 10.2. The number of ether oxygens (including phenoxy) is 2. The molecule has 1 atom stereocenters. The van der Waals surface area contributed by atoms with E-state index in [9.17, 15) is 4.79 Å². The number of rotatable bonds is 5. The van der Waals surface area contributed by atoms with Gasteiger partial charge in [-0.25, -0.2) is 4.79 Å². The number of nitriles is 1. The van der Waals surface area contributed by atoms with E-state index in [-0.39, 0.29) is 6.61 Å². The van der Waals surface area contributed by atoms with Crippen LogP contribution in [0.15, 0.2) is 42.5 Å². The Morgan fingerprint density at radius 3 is 2.52 bits per heavy atom. The Kier molecular flexibility index (Phi) is 5.86. The molecule has 4 nitrogen and oxygen atoms in total. The van der Waals surface area contributed by atoms with E-state index >= 15 is 0 Å². The summed E-state index contributed by atoms with van der Waals surface area (Å²) in [6, 6.07) is 13.6. The van der Waals surface area contributed by atoms with Crippen molar-refractivity contribution in [2.24, 2.45) is 0 Å². The Morgan fingerprint density at radius 1 is 1.22 bits per heavy atom. The molecule has 2 aromatic rings. The van der Waals surface area contributed by atoms with Crippen LogP contribution in [0.25, 0.3) is 0 Å². The van der Waals surface area contributed by atoms with Gasteiger partial charge in [0.25, 0.3) is 0 Å². The maximum atomic E-state index is 12.0. The number of halogens is 2. The lowest BCUT2D eigenvalue weighted by Gasteiger charge is -2.15. The summed E-state index contributed by atoms with van der Waals surface area (Å²) in [5.74, 6) is -0.153. The van der Waals surface area contributed by atoms with Crippen LogP contribution in [0.3, 0.4) is 0 Å². The van der Waals surface area contributed by atoms with Gasteiger partial charge in [-0.1, -0.05) is 35.3 Å². The molecule has 0 aliphatic heterocycles. The van der Waals surface area contributed by atoms with Gasteiger partial charge in [0.2, 0.25) is 0 Å². The quantitative estimate of drug-likeness (QED) is 0.751. The largest absolute Gasteiger partial charge is 0.477 e. The standard InChI is InChI=1S/C17H13Cl2NO3/c1-11(23-16-7-6-14(18)8-15(16)19)17(21)22-10-13-4-2-12(9-20)3-5-13/h2-8,11H,10H2,1H3. The normalized spacial score (nSPS) is 11.4. The van der Waals surface area contributed by atoms with Crippen LogP contribution in [0.1, 0.15) is 18.1 Å². The molecule has 0 aliphatic carbocycles. The molecule has 2 aromatic carbocycles. The molecule has 0 fully saturated rings. The minimum atomic E-state index is -0.813. The Hall–Kier alpha value is -2.22. The summed E-state index contributed by atoms with van der Waals surface area (Å²) < 4.78 is 10.7. The second-order valence-electron chi connectivity index (χ2n) is 4.75. The highest BCUT2D eigenvalue weighted by Crippen LogP contribution is 2.28. The van der Waals surface area contributed by atoms with Crippen LogP contribution < -0.4 is 4.74 Å². The molecule has 0 radical (unpaired) electrons. The van der Waals surface area contributed by atoms with Crippen molar-refractivity contribution < 1.29 is 14.3 Å². The van der Waals surface area contributed by atoms with Crippen molar-refractivity contribution in [1.29, 1.82) is 5.26 Å². The topological polar surface area (TPSA) is 59.3 Å². The molecule has 6 heteroatoms. The van der Waals surface area contributed by atoms with Gasteiger partial charge in [-0.2, -0.15) is 5.26 Å². The van der Waals surface area contributed by atoms with Gasteiger partial charge in [0.05, 0.1) is 16.7 Å². The molecule has 0 aromatic heterocycles. The summed E-state index contributed by atoms with van der Waals surface area (Å²) >= 11 is 11.8. The van der Waals surface area contributed by atoms with Crippen molar-refractivity contribution in [3.63, 3.8) is 0 Å². The highest BCUT2D eigenvalue weighted by molar-refractivity contribution is 6.35. The van der Waals surface area contributed by atoms with E-state index in [2.05, 4.69) is 0 Å². The van der Waals surface area contributed by atoms with Gasteiger partial charge in [0, 0.05) is 5.02 Å². The Bertz CT molecular complexity index is 738. The van der Waals surface area contributed by atoms with E-state index in [1.807, 2.05) is 6.07 Å². The molecule has 0 saturated carbocycles. The number of hydrogen-bond donors (Lipinski definition) is 0. The summed E-state index contributed by atoms with van der Waals surface area (Å²) in [6.07, 6.45) is -0.813. The van der Waals surface area contributed by atoms with E-state index in [1.165, 1.54) is 6.07 Å². The highest BCUT2D eigenvalue weighted by Gasteiger charge is 2.18. The van der Waals surface area contributed by atoms with Gasteiger partial charge < -0.3 is 9.47 Å². The van der Waals surface area contributed by atoms with Gasteiger partial charge in [0.15, 0.2) is 6.10 Å². The minimum absolute atomic E-state index is 0.104. The molecule has 23 heavy (non-hydrogen) atoms. The van der Waals surface area contributed by atoms with Gasteiger partial charge in [-0.3, -0.25) is 0 Å². The Labute approximate surface area is 144 Å². The highest BCUT2D eigenvalue weighted by atomic mass is 35.5. The number of nitrogens with zero attached hydrogens (tertiary/aromatic N) is 1. The zero-order valence-corrected chi connectivity index (χ0v) is 13.8. The maximum absolute atomic E-state index is 12.0. The lowest BCUT2D eigenvalue weighted by Crippen LogP contribution is -2.26. The molecule has 0 bridgehead atoms. The van der Waals surface area contributed by atoms with Crippen molar-refractivity contribution in [3.05, 3.63) is 63.6 Å². The smallest absolute Gasteiger partial charge is 0.347 e. The summed E-state index contributed by atoms with van der Waals surface area (Å²) in [5, 5.41) is 9.54. The SMILES string of the molecule is CC(Oc1ccc(Cl)cc1Cl)C(=O)OCc1ccc(C#N)cc1. The van der Waals surface area contributed by atoms with Crippen molar-refractivity contribution in [3.8, 4) is 11.8 Å². The summed E-state index contributed by atoms with van der Waals surface area (Å²) in [6.45, 7) is 1.68. The zero-order chi connectivity index (χ0) is 16.8. The van der Waals surface area contributed by atoms with E-state index in [1.54, 1.807) is 43.3 Å². The lowest BCUT2D eigenvalue weighted by molar-refractivity contribution is -0.152. The molecule has 0 spiro atoms. The van der Waals surface area contributed by atoms with Crippen molar-refractivity contribution in [1.82, 2.24) is 0 Å². The molecule has 0 N–H and O–H groups in total. The molecular weight excluding hydrogens is 337 g/mol. The van der Waals surface area contributed by atoms with Gasteiger partial charge in [-0.15, -0.1) is 0 Å². The average molecular weight is 350 g/mol. The third kappa shape index (κ3) is 4.88. The van der Waals surface area contributed by atoms with E-state index < -0.39 is 12.1 Å². The number of hydrogen-bond acceptors (Lipinski definition) is 4. The van der Waals surface area contributed by atoms with Crippen LogP contribution in [-0.2, 0) is 16.1 Å². The number of carbonyl (C=O) groups excluding carboxylic acids is 1. The number of benzene rings is 2. The summed E-state index contributed by atoms with van der Waals surface area (Å²) in [7, 11) is 0. The Morgan fingerprint density at radius 2 is 1.91 bits per heavy atom. The van der Waals surface area contributed by atoms with E-state index in [0.29, 0.717) is 21.4 Å². The first-order valence-corrected chi connectivity index (χ1v) is 7.52. The van der Waals surface area contributed by atoms with Crippen molar-refractivity contribution >= 4 is 29.2 Å². The first-order chi connectivity index (χ1) is 11.0. The monoisotopic (exact) mass is 349 g/mol. The molecule has 1 unspecified atom stereocenters. The molecule has 118 valence electrons. The first kappa shape index (κ1) is 17.1. The van der Waals surface area contributed by atoms with Gasteiger partial charge in [-0.05, 0) is 42.8 Å². The molecular formula is C17H13Cl2NO3. The maximum Gasteiger partial charge on any atom is 0.347 e. The van der Waals surface area contributed by atoms with Gasteiger partial charge >= 0.3 is 5.97 Å². The first-order valence-electron chi connectivity index (χ1n) is 6.77. The van der Waals surface area contributed by atoms with Gasteiger partial charge in [0.1, 0.15) is 12.4 Å². The second-order valence-corrected chi connectivity index (χ2v) is 5.59. The van der Waals surface area contributed by atoms with E-state index in [4.69, 9.17) is 37.9 Å². The zero-order valence-electron chi connectivity index (χ0n) is 12.3. The van der Waals surface area contributed by atoms with Crippen LogP contribution >= 0.6 is 23.2 Å². The van der Waals surface area contributed by atoms with Crippen LogP contribution in [0.5, 0.6) is 5.75 Å². The van der Waals surface area contributed by atoms with Crippen molar-refractivity contribution in [2.75, 3.05) is 0 Å². The third-order valence-electron chi connectivity index (χ3n) is 2.99. The van der Waals surface area contributed by atoms with Crippen molar-refractivity contribution in [2.45, 2.75) is 19.6 Å². The Balaban J connectivity index is 1.90. The molecule has 0 amide bonds. The predicted molar refractivity (Wildman–Crippen MR) is 87.5 cm³/mol. The third-order valence-corrected chi connectivity index (χ3v) is 3.52. The number of esters is 1. The van der Waals surface area contributed by atoms with Crippen LogP contribution in [0, 0.1) is 11.3 Å². The second kappa shape index (κ2) is 7.87. The molecule has 0 heterocycles. The fourth-order valence-corrected chi connectivity index (χ4v) is 2.21. The van der Waals surface area contributed by atoms with Crippen LogP contribution in [-0.4, -0.2) is 12.1 Å². The van der Waals surface area contributed by atoms with Crippen LogP contribution in [0.4, 0.5) is 0 Å². The predicted octanol–water partition coefficient (Wildman–Crippen LogP) is 4.38. The van der Waals surface area contributed by atoms with E-state index in [0.717, 1.165) is 5.56 Å². The summed E-state index contributed by atoms with van der Waals surface area (Å²) in [4.78, 5) is 12.0. The molecule has 0 saturated heterocycles. The number of carbonyl (C=O) groups is 1. The minimum Gasteiger partial charge on any atom is -0.477 e.